The van der Waals surface area contributed by atoms with Crippen molar-refractivity contribution in [3.63, 3.8) is 0 Å². The van der Waals surface area contributed by atoms with Crippen LogP contribution in [-0.2, 0) is 16.2 Å². The Bertz CT molecular complexity index is 833. The molecule has 0 bridgehead atoms. The third kappa shape index (κ3) is 5.02. The molecule has 0 radical (unpaired) electrons. The molecular weight excluding hydrogens is 390 g/mol. The lowest BCUT2D eigenvalue weighted by molar-refractivity contribution is -0.118. The molecule has 0 spiro atoms. The first-order valence-electron chi connectivity index (χ1n) is 9.49. The van der Waals surface area contributed by atoms with Crippen LogP contribution in [0.25, 0.3) is 0 Å². The number of nitrogens with two attached hydrogens (primary N) is 1. The Morgan fingerprint density at radius 1 is 1.31 bits per heavy atom. The summed E-state index contributed by atoms with van der Waals surface area (Å²) in [7, 11) is 3.43. The Hall–Kier alpha value is -2.26. The number of likely N-dealkylation sites (N-methyl/N-ethyl adjacent to an activating group) is 1. The van der Waals surface area contributed by atoms with Crippen LogP contribution >= 0.6 is 0 Å². The van der Waals surface area contributed by atoms with Crippen molar-refractivity contribution >= 4 is 23.0 Å². The summed E-state index contributed by atoms with van der Waals surface area (Å²) in [6.07, 6.45) is 0.230. The summed E-state index contributed by atoms with van der Waals surface area (Å²) in [6.45, 7) is 0.824. The Morgan fingerprint density at radius 3 is 2.66 bits per heavy atom. The van der Waals surface area contributed by atoms with E-state index in [-0.39, 0.29) is 18.4 Å². The van der Waals surface area contributed by atoms with Gasteiger partial charge in [0.25, 0.3) is 0 Å². The average Bonchev–Trinajstić information content (AvgIpc) is 2.81. The molecule has 0 saturated carbocycles. The summed E-state index contributed by atoms with van der Waals surface area (Å²) in [4.78, 5) is 13.7. The van der Waals surface area contributed by atoms with E-state index in [0.29, 0.717) is 35.7 Å². The highest BCUT2D eigenvalue weighted by molar-refractivity contribution is 7.93. The van der Waals surface area contributed by atoms with Gasteiger partial charge in [0.15, 0.2) is 11.1 Å². The molecule has 1 aliphatic rings. The van der Waals surface area contributed by atoms with E-state index in [1.807, 2.05) is 36.2 Å². The Balaban J connectivity index is 1.87. The predicted octanol–water partition coefficient (Wildman–Crippen LogP) is 1.84. The van der Waals surface area contributed by atoms with E-state index in [0.717, 1.165) is 5.56 Å². The van der Waals surface area contributed by atoms with Crippen molar-refractivity contribution in [1.29, 1.82) is 0 Å². The number of methoxy groups -OCH3 is 1. The molecule has 8 heteroatoms. The number of hydrogen-bond donors (Lipinski definition) is 2. The van der Waals surface area contributed by atoms with Crippen LogP contribution in [0.5, 0.6) is 5.75 Å². The van der Waals surface area contributed by atoms with E-state index in [9.17, 15) is 14.5 Å². The van der Waals surface area contributed by atoms with Gasteiger partial charge in [0.05, 0.1) is 19.3 Å². The van der Waals surface area contributed by atoms with Gasteiger partial charge in [-0.3, -0.25) is 9.69 Å². The van der Waals surface area contributed by atoms with E-state index in [1.165, 1.54) is 0 Å². The number of aliphatic hydroxyl groups is 1. The van der Waals surface area contributed by atoms with Crippen molar-refractivity contribution in [2.75, 3.05) is 31.6 Å². The zero-order valence-electron chi connectivity index (χ0n) is 16.7. The second-order valence-electron chi connectivity index (χ2n) is 7.22. The number of anilines is 1. The van der Waals surface area contributed by atoms with Crippen LogP contribution in [0.1, 0.15) is 24.3 Å². The molecule has 3 N–H and O–H groups in total. The van der Waals surface area contributed by atoms with E-state index in [2.05, 4.69) is 0 Å². The van der Waals surface area contributed by atoms with Gasteiger partial charge < -0.3 is 20.1 Å². The molecule has 1 heterocycles. The maximum Gasteiger partial charge on any atom is 0.231 e. The van der Waals surface area contributed by atoms with Crippen molar-refractivity contribution in [2.45, 2.75) is 29.9 Å². The number of nitrogens with zero attached hydrogens (tertiary/aromatic N) is 2. The number of fused-ring (bicyclic) bond motifs is 1. The summed E-state index contributed by atoms with van der Waals surface area (Å²) in [6, 6.07) is 14.8. The maximum absolute atomic E-state index is 13.4. The van der Waals surface area contributed by atoms with Crippen LogP contribution in [0.15, 0.2) is 53.4 Å². The minimum Gasteiger partial charge on any atom is -0.588 e. The van der Waals surface area contributed by atoms with Crippen molar-refractivity contribution in [1.82, 2.24) is 4.90 Å². The molecule has 0 aliphatic carbocycles. The lowest BCUT2D eigenvalue weighted by Gasteiger charge is -2.28. The lowest BCUT2D eigenvalue weighted by atomic mass is 9.91. The lowest BCUT2D eigenvalue weighted by Crippen LogP contribution is -2.39. The van der Waals surface area contributed by atoms with E-state index in [1.54, 1.807) is 35.7 Å². The number of primary amides is 1. The topological polar surface area (TPSA) is 102 Å². The van der Waals surface area contributed by atoms with Crippen molar-refractivity contribution in [3.8, 4) is 5.75 Å². The molecule has 156 valence electrons. The van der Waals surface area contributed by atoms with Crippen molar-refractivity contribution < 1.29 is 19.2 Å². The van der Waals surface area contributed by atoms with E-state index >= 15 is 0 Å². The minimum absolute atomic E-state index is 0.00345. The predicted molar refractivity (Wildman–Crippen MR) is 113 cm³/mol. The van der Waals surface area contributed by atoms with Gasteiger partial charge in [0.2, 0.25) is 5.91 Å². The van der Waals surface area contributed by atoms with Gasteiger partial charge in [0, 0.05) is 12.0 Å². The van der Waals surface area contributed by atoms with Gasteiger partial charge in [-0.05, 0) is 56.3 Å². The van der Waals surface area contributed by atoms with E-state index in [4.69, 9.17) is 10.5 Å². The van der Waals surface area contributed by atoms with Crippen molar-refractivity contribution in [3.05, 3.63) is 54.1 Å². The van der Waals surface area contributed by atoms with Crippen LogP contribution in [0, 0.1) is 0 Å². The highest BCUT2D eigenvalue weighted by Crippen LogP contribution is 2.39. The number of carbonyl (C=O) groups excluding carboxylic acids is 1. The van der Waals surface area contributed by atoms with E-state index < -0.39 is 17.6 Å². The highest BCUT2D eigenvalue weighted by Gasteiger charge is 2.38. The number of rotatable bonds is 7. The third-order valence-electron chi connectivity index (χ3n) is 5.10. The fraction of sp³-hybridized carbons (Fsp3) is 0.381. The molecule has 2 aromatic carbocycles. The molecule has 2 aromatic rings. The fourth-order valence-corrected chi connectivity index (χ4v) is 5.13. The first kappa shape index (κ1) is 21.4. The molecule has 29 heavy (non-hydrogen) atoms. The zero-order valence-corrected chi connectivity index (χ0v) is 17.5. The smallest absolute Gasteiger partial charge is 0.231 e. The van der Waals surface area contributed by atoms with Crippen LogP contribution in [0.4, 0.5) is 5.69 Å². The standard InChI is InChI=1S/C21H27N3O4S/c1-23(14-20(22)25)12-11-15-13-21(26)24(16-7-9-17(28-2)10-8-16)29(27)19-6-4-3-5-18(15)19/h3-10,15,21,26H,11-14H2,1-2H3,(H2,22,25). The van der Waals surface area contributed by atoms with Gasteiger partial charge in [-0.25, -0.2) is 0 Å². The average molecular weight is 418 g/mol. The monoisotopic (exact) mass is 417 g/mol. The van der Waals surface area contributed by atoms with Crippen LogP contribution in [-0.4, -0.2) is 53.9 Å². The van der Waals surface area contributed by atoms with Gasteiger partial charge in [-0.15, -0.1) is 0 Å². The molecule has 0 aromatic heterocycles. The Kier molecular flexibility index (Phi) is 7.02. The second kappa shape index (κ2) is 9.49. The third-order valence-corrected chi connectivity index (χ3v) is 6.66. The summed E-state index contributed by atoms with van der Waals surface area (Å²) >= 11 is -1.55. The maximum atomic E-state index is 13.4. The Morgan fingerprint density at radius 2 is 2.00 bits per heavy atom. The van der Waals surface area contributed by atoms with Gasteiger partial charge in [-0.2, -0.15) is 4.31 Å². The molecule has 3 unspecified atom stereocenters. The normalized spacial score (nSPS) is 21.6. The SMILES string of the molecule is COc1ccc(N2C(O)CC(CCN(C)CC(N)=O)c3ccccc3[S+]2[O-])cc1. The van der Waals surface area contributed by atoms with Gasteiger partial charge in [-0.1, -0.05) is 18.2 Å². The molecule has 3 rings (SSSR count). The number of amides is 1. The molecule has 3 atom stereocenters. The summed E-state index contributed by atoms with van der Waals surface area (Å²) < 4.78 is 20.1. The number of benzene rings is 2. The molecule has 7 nitrogen and oxygen atoms in total. The first-order valence-corrected chi connectivity index (χ1v) is 10.6. The molecule has 1 aliphatic heterocycles. The molecular formula is C21H27N3O4S. The Labute approximate surface area is 174 Å². The van der Waals surface area contributed by atoms with Crippen molar-refractivity contribution in [2.24, 2.45) is 5.73 Å². The quantitative estimate of drug-likeness (QED) is 0.667. The number of carbonyl (C=O) groups is 1. The highest BCUT2D eigenvalue weighted by atomic mass is 32.2. The molecule has 0 saturated heterocycles. The largest absolute Gasteiger partial charge is 0.588 e. The van der Waals surface area contributed by atoms with Crippen LogP contribution in [0.3, 0.4) is 0 Å². The van der Waals surface area contributed by atoms with Gasteiger partial charge in [0.1, 0.15) is 17.1 Å². The summed E-state index contributed by atoms with van der Waals surface area (Å²) in [5.41, 5.74) is 6.90. The summed E-state index contributed by atoms with van der Waals surface area (Å²) in [5.74, 6) is 0.323. The second-order valence-corrected chi connectivity index (χ2v) is 8.55. The summed E-state index contributed by atoms with van der Waals surface area (Å²) in [5, 5.41) is 11.0. The number of aliphatic hydroxyl groups excluding tert-OH is 1. The van der Waals surface area contributed by atoms with Gasteiger partial charge >= 0.3 is 0 Å². The molecule has 0 fully saturated rings. The fourth-order valence-electron chi connectivity index (χ4n) is 3.66. The zero-order chi connectivity index (χ0) is 21.0. The van der Waals surface area contributed by atoms with Crippen LogP contribution < -0.4 is 14.8 Å². The van der Waals surface area contributed by atoms with Crippen LogP contribution in [0.2, 0.25) is 0 Å². The number of ether oxygens (including phenoxy) is 1. The minimum atomic E-state index is -1.55. The first-order chi connectivity index (χ1) is 13.9. The number of hydrogen-bond acceptors (Lipinski definition) is 6. The molecule has 1 amide bonds.